The lowest BCUT2D eigenvalue weighted by Gasteiger charge is -2.50. The molecule has 1 aromatic heterocycles. The van der Waals surface area contributed by atoms with Crippen LogP contribution in [-0.4, -0.2) is 150 Å². The molecule has 16 nitrogen and oxygen atoms in total. The van der Waals surface area contributed by atoms with Gasteiger partial charge in [-0.25, -0.2) is 0 Å². The van der Waals surface area contributed by atoms with Gasteiger partial charge in [0.05, 0.1) is 36.9 Å². The molecule has 1 aromatic rings. The Balaban J connectivity index is 1.63. The summed E-state index contributed by atoms with van der Waals surface area (Å²) in [6.45, 7) is 13.5. The summed E-state index contributed by atoms with van der Waals surface area (Å²) in [6, 6.07) is 3.09. The van der Waals surface area contributed by atoms with Crippen LogP contribution >= 0.6 is 0 Å². The van der Waals surface area contributed by atoms with Gasteiger partial charge in [0.1, 0.15) is 30.0 Å². The predicted octanol–water partition coefficient (Wildman–Crippen LogP) is 3.64. The number of pyridine rings is 1. The number of aliphatic hydroxyl groups excluding tert-OH is 2. The number of esters is 2. The lowest BCUT2D eigenvalue weighted by molar-refractivity contribution is -0.344. The van der Waals surface area contributed by atoms with Crippen LogP contribution in [0.2, 0.25) is 0 Å². The second-order valence-electron chi connectivity index (χ2n) is 18.1. The van der Waals surface area contributed by atoms with Gasteiger partial charge in [-0.05, 0) is 90.7 Å². The van der Waals surface area contributed by atoms with Crippen molar-refractivity contribution in [2.45, 2.75) is 173 Å². The van der Waals surface area contributed by atoms with Crippen LogP contribution in [0.25, 0.3) is 0 Å². The first-order valence-electron chi connectivity index (χ1n) is 22.1. The first-order valence-corrected chi connectivity index (χ1v) is 22.1. The molecule has 0 radical (unpaired) electrons. The third-order valence-corrected chi connectivity index (χ3v) is 11.8. The van der Waals surface area contributed by atoms with E-state index in [0.717, 1.165) is 5.56 Å². The number of nitrogens with zero attached hydrogens (tertiary/aromatic N) is 2. The number of allylic oxidation sites excluding steroid dienone is 3. The van der Waals surface area contributed by atoms with E-state index in [2.05, 4.69) is 10.3 Å². The number of cyclic esters (lactones) is 1. The molecule has 4 heterocycles. The zero-order chi connectivity index (χ0) is 45.7. The number of carbonyl (C=O) groups excluding carboxylic acids is 3. The van der Waals surface area contributed by atoms with Gasteiger partial charge < -0.3 is 58.7 Å². The van der Waals surface area contributed by atoms with E-state index in [9.17, 15) is 29.7 Å². The average molecular weight is 876 g/mol. The van der Waals surface area contributed by atoms with Crippen molar-refractivity contribution in [1.29, 1.82) is 0 Å². The maximum Gasteiger partial charge on any atom is 0.308 e. The molecule has 350 valence electrons. The van der Waals surface area contributed by atoms with E-state index in [1.54, 1.807) is 71.2 Å². The summed E-state index contributed by atoms with van der Waals surface area (Å²) in [6.07, 6.45) is 0.482. The number of aliphatic hydroxyl groups is 3. The lowest BCUT2D eigenvalue weighted by atomic mass is 9.82. The van der Waals surface area contributed by atoms with Crippen LogP contribution in [0.1, 0.15) is 92.6 Å². The van der Waals surface area contributed by atoms with Crippen LogP contribution in [0.4, 0.5) is 0 Å². The fourth-order valence-corrected chi connectivity index (χ4v) is 8.63. The number of methoxy groups -OCH3 is 1. The highest BCUT2D eigenvalue weighted by molar-refractivity contribution is 5.91. The van der Waals surface area contributed by atoms with Crippen LogP contribution in [0, 0.1) is 17.8 Å². The molecular weight excluding hydrogens is 803 g/mol. The van der Waals surface area contributed by atoms with E-state index in [-0.39, 0.29) is 24.5 Å². The smallest absolute Gasteiger partial charge is 0.308 e. The Morgan fingerprint density at radius 2 is 1.79 bits per heavy atom. The van der Waals surface area contributed by atoms with Crippen molar-refractivity contribution in [3.8, 4) is 0 Å². The molecule has 0 aliphatic carbocycles. The summed E-state index contributed by atoms with van der Waals surface area (Å²) < 4.78 is 43.3. The molecule has 0 aromatic carbocycles. The van der Waals surface area contributed by atoms with Gasteiger partial charge in [0, 0.05) is 51.2 Å². The van der Waals surface area contributed by atoms with E-state index in [1.165, 1.54) is 13.2 Å². The molecule has 4 unspecified atom stereocenters. The van der Waals surface area contributed by atoms with Gasteiger partial charge in [-0.15, -0.1) is 0 Å². The number of rotatable bonds is 14. The summed E-state index contributed by atoms with van der Waals surface area (Å²) >= 11 is 0. The van der Waals surface area contributed by atoms with Crippen molar-refractivity contribution < 1.29 is 62.9 Å². The Kier molecular flexibility index (Phi) is 20.1. The summed E-state index contributed by atoms with van der Waals surface area (Å²) in [5, 5.41) is 38.9. The third-order valence-electron chi connectivity index (χ3n) is 11.8. The SMILES string of the molecule is CO[C@@H]1[C@@H](O[C@@H]2O[C@H](C)[C@@H](OC3CC(C)(O)C(OC(=O)CC(C)C)C(C)O3)[C@H](N(C)C)[C@H]2O)[C@@H](CCNCc2cccnc2)C[C@@H](C)C(=O)C=CC=CC[C@@H](C)OC(=O)C[C@H]1O. The van der Waals surface area contributed by atoms with Gasteiger partial charge in [-0.2, -0.15) is 0 Å². The van der Waals surface area contributed by atoms with Crippen LogP contribution in [0.5, 0.6) is 0 Å². The highest BCUT2D eigenvalue weighted by Gasteiger charge is 2.52. The maximum absolute atomic E-state index is 13.5. The predicted molar refractivity (Wildman–Crippen MR) is 229 cm³/mol. The molecule has 62 heavy (non-hydrogen) atoms. The van der Waals surface area contributed by atoms with Crippen molar-refractivity contribution in [1.82, 2.24) is 15.2 Å². The minimum atomic E-state index is -1.48. The quantitative estimate of drug-likeness (QED) is 0.156. The standard InChI is InChI=1S/C46H73N3O13/c1-27(2)21-36(52)60-44-31(6)58-38(24-46(44,7)55)61-41-30(5)59-45(40(54)39(41)49(8)9)62-42-33(18-20-48-26-32-16-14-19-47-25-32)22-28(3)34(50)17-13-11-12-15-29(4)57-37(53)23-35(51)43(42)56-10/h11-14,16-17,19,25,27-31,33,35,38-45,48,51,54-55H,15,18,20-24,26H2,1-10H3/t28-,29-,30-,31?,33+,35-,38?,39-,40-,41-,42+,43+,44?,45+,46?/m1/s1. The van der Waals surface area contributed by atoms with Gasteiger partial charge in [0.25, 0.3) is 0 Å². The molecule has 15 atom stereocenters. The van der Waals surface area contributed by atoms with Crippen LogP contribution in [-0.2, 0) is 54.1 Å². The first-order chi connectivity index (χ1) is 29.3. The van der Waals surface area contributed by atoms with Crippen molar-refractivity contribution in [3.05, 3.63) is 54.4 Å². The average Bonchev–Trinajstić information content (AvgIpc) is 3.18. The molecule has 0 spiro atoms. The van der Waals surface area contributed by atoms with E-state index in [4.69, 9.17) is 33.2 Å². The molecule has 0 saturated carbocycles. The molecule has 3 aliphatic rings. The van der Waals surface area contributed by atoms with Crippen molar-refractivity contribution in [3.63, 3.8) is 0 Å². The summed E-state index contributed by atoms with van der Waals surface area (Å²) in [5.41, 5.74) is -0.498. The maximum atomic E-state index is 13.5. The number of nitrogens with one attached hydrogen (secondary N) is 1. The normalized spacial score (nSPS) is 36.8. The Bertz CT molecular complexity index is 1610. The monoisotopic (exact) mass is 876 g/mol. The highest BCUT2D eigenvalue weighted by Crippen LogP contribution is 2.37. The second-order valence-corrected chi connectivity index (χ2v) is 18.1. The molecular formula is C46H73N3O13. The van der Waals surface area contributed by atoms with Gasteiger partial charge in [0.2, 0.25) is 0 Å². The van der Waals surface area contributed by atoms with Crippen LogP contribution in [0.3, 0.4) is 0 Å². The minimum Gasteiger partial charge on any atom is -0.462 e. The zero-order valence-electron chi connectivity index (χ0n) is 38.3. The number of hydrogen-bond donors (Lipinski definition) is 4. The zero-order valence-corrected chi connectivity index (χ0v) is 38.3. The largest absolute Gasteiger partial charge is 0.462 e. The fraction of sp³-hybridized carbons (Fsp3) is 0.739. The van der Waals surface area contributed by atoms with Crippen molar-refractivity contribution in [2.75, 3.05) is 27.7 Å². The van der Waals surface area contributed by atoms with Gasteiger partial charge in [-0.1, -0.05) is 45.1 Å². The molecule has 0 amide bonds. The Labute approximate surface area is 367 Å². The third kappa shape index (κ3) is 15.0. The number of ether oxygens (including phenoxy) is 7. The highest BCUT2D eigenvalue weighted by atomic mass is 16.7. The van der Waals surface area contributed by atoms with Crippen LogP contribution < -0.4 is 5.32 Å². The van der Waals surface area contributed by atoms with Gasteiger partial charge in [0.15, 0.2) is 24.5 Å². The number of hydrogen-bond acceptors (Lipinski definition) is 16. The lowest BCUT2D eigenvalue weighted by Crippen LogP contribution is -2.66. The van der Waals surface area contributed by atoms with Crippen molar-refractivity contribution >= 4 is 17.7 Å². The summed E-state index contributed by atoms with van der Waals surface area (Å²) in [4.78, 5) is 45.2. The summed E-state index contributed by atoms with van der Waals surface area (Å²) in [5.74, 6) is -2.01. The number of likely N-dealkylation sites (N-methyl/N-ethyl adjacent to an activating group) is 1. The van der Waals surface area contributed by atoms with Gasteiger partial charge in [-0.3, -0.25) is 19.4 Å². The van der Waals surface area contributed by atoms with Crippen LogP contribution in [0.15, 0.2) is 48.8 Å². The van der Waals surface area contributed by atoms with E-state index >= 15 is 0 Å². The molecule has 4 N–H and O–H groups in total. The Morgan fingerprint density at radius 3 is 2.44 bits per heavy atom. The molecule has 4 rings (SSSR count). The van der Waals surface area contributed by atoms with E-state index in [0.29, 0.717) is 32.4 Å². The Hall–Kier alpha value is -3.16. The van der Waals surface area contributed by atoms with E-state index in [1.807, 2.05) is 39.0 Å². The molecule has 3 aliphatic heterocycles. The topological polar surface area (TPSA) is 205 Å². The Morgan fingerprint density at radius 1 is 1.05 bits per heavy atom. The number of carbonyl (C=O) groups is 3. The van der Waals surface area contributed by atoms with E-state index < -0.39 is 109 Å². The molecule has 0 bridgehead atoms. The van der Waals surface area contributed by atoms with Gasteiger partial charge >= 0.3 is 11.9 Å². The second kappa shape index (κ2) is 24.2. The molecule has 16 heteroatoms. The number of aromatic nitrogens is 1. The molecule has 2 saturated heterocycles. The van der Waals surface area contributed by atoms with Crippen molar-refractivity contribution in [2.24, 2.45) is 17.8 Å². The minimum absolute atomic E-state index is 0.0219. The fourth-order valence-electron chi connectivity index (χ4n) is 8.63. The molecule has 2 fully saturated rings. The first kappa shape index (κ1) is 51.5. The number of ketones is 1. The summed E-state index contributed by atoms with van der Waals surface area (Å²) in [7, 11) is 4.99.